The SMILES string of the molecule is CCCCCCCCCCCCCCNCC(C)NCC(C)N. The Labute approximate surface area is 146 Å². The van der Waals surface area contributed by atoms with Crippen LogP contribution in [-0.2, 0) is 0 Å². The van der Waals surface area contributed by atoms with Crippen LogP contribution in [0.1, 0.15) is 97.8 Å². The molecule has 3 nitrogen and oxygen atoms in total. The van der Waals surface area contributed by atoms with E-state index in [4.69, 9.17) is 5.73 Å². The molecule has 0 rings (SSSR count). The molecule has 0 aromatic rings. The number of nitrogens with two attached hydrogens (primary N) is 1. The maximum Gasteiger partial charge on any atom is 0.0164 e. The smallest absolute Gasteiger partial charge is 0.0164 e. The second-order valence-electron chi connectivity index (χ2n) is 7.38. The number of unbranched alkanes of at least 4 members (excludes halogenated alkanes) is 11. The van der Waals surface area contributed by atoms with Gasteiger partial charge in [-0.2, -0.15) is 0 Å². The maximum atomic E-state index is 5.74. The van der Waals surface area contributed by atoms with Gasteiger partial charge in [0.25, 0.3) is 0 Å². The van der Waals surface area contributed by atoms with Crippen LogP contribution in [-0.4, -0.2) is 31.7 Å². The summed E-state index contributed by atoms with van der Waals surface area (Å²) in [6, 6.07) is 0.757. The van der Waals surface area contributed by atoms with Crippen molar-refractivity contribution in [2.45, 2.75) is 110 Å². The Kier molecular flexibility index (Phi) is 18.1. The van der Waals surface area contributed by atoms with Crippen LogP contribution < -0.4 is 16.4 Å². The second kappa shape index (κ2) is 18.2. The highest BCUT2D eigenvalue weighted by atomic mass is 15.0. The second-order valence-corrected chi connectivity index (χ2v) is 7.38. The fourth-order valence-corrected chi connectivity index (χ4v) is 2.87. The largest absolute Gasteiger partial charge is 0.327 e. The van der Waals surface area contributed by atoms with Gasteiger partial charge in [0.1, 0.15) is 0 Å². The van der Waals surface area contributed by atoms with E-state index in [0.717, 1.165) is 19.6 Å². The molecule has 0 aromatic carbocycles. The zero-order valence-electron chi connectivity index (χ0n) is 16.3. The molecule has 0 aliphatic rings. The Morgan fingerprint density at radius 1 is 0.696 bits per heavy atom. The minimum atomic E-state index is 0.244. The maximum absolute atomic E-state index is 5.74. The van der Waals surface area contributed by atoms with Gasteiger partial charge in [0, 0.05) is 25.2 Å². The van der Waals surface area contributed by atoms with Crippen LogP contribution in [0.25, 0.3) is 0 Å². The molecular formula is C20H45N3. The van der Waals surface area contributed by atoms with E-state index in [1.807, 2.05) is 6.92 Å². The lowest BCUT2D eigenvalue weighted by Crippen LogP contribution is -2.41. The highest BCUT2D eigenvalue weighted by Crippen LogP contribution is 2.11. The van der Waals surface area contributed by atoms with Gasteiger partial charge in [-0.3, -0.25) is 0 Å². The monoisotopic (exact) mass is 327 g/mol. The zero-order chi connectivity index (χ0) is 17.2. The van der Waals surface area contributed by atoms with Gasteiger partial charge >= 0.3 is 0 Å². The van der Waals surface area contributed by atoms with E-state index in [-0.39, 0.29) is 6.04 Å². The van der Waals surface area contributed by atoms with Crippen molar-refractivity contribution in [1.82, 2.24) is 10.6 Å². The van der Waals surface area contributed by atoms with Crippen LogP contribution >= 0.6 is 0 Å². The number of nitrogens with one attached hydrogen (secondary N) is 2. The fraction of sp³-hybridized carbons (Fsp3) is 1.00. The van der Waals surface area contributed by atoms with E-state index < -0.39 is 0 Å². The van der Waals surface area contributed by atoms with Crippen LogP contribution in [0, 0.1) is 0 Å². The summed E-state index contributed by atoms with van der Waals surface area (Å²) in [5.74, 6) is 0. The summed E-state index contributed by atoms with van der Waals surface area (Å²) < 4.78 is 0. The van der Waals surface area contributed by atoms with E-state index in [2.05, 4.69) is 24.5 Å². The summed E-state index contributed by atoms with van der Waals surface area (Å²) in [5, 5.41) is 6.98. The third-order valence-electron chi connectivity index (χ3n) is 4.45. The van der Waals surface area contributed by atoms with Crippen molar-refractivity contribution in [3.63, 3.8) is 0 Å². The first-order valence-corrected chi connectivity index (χ1v) is 10.4. The Morgan fingerprint density at radius 3 is 1.65 bits per heavy atom. The fourth-order valence-electron chi connectivity index (χ4n) is 2.87. The van der Waals surface area contributed by atoms with Gasteiger partial charge in [-0.1, -0.05) is 77.6 Å². The molecule has 140 valence electrons. The molecule has 0 fully saturated rings. The van der Waals surface area contributed by atoms with Crippen LogP contribution in [0.15, 0.2) is 0 Å². The molecule has 4 N–H and O–H groups in total. The summed E-state index contributed by atoms with van der Waals surface area (Å²) in [4.78, 5) is 0. The molecule has 0 amide bonds. The molecule has 0 bridgehead atoms. The van der Waals surface area contributed by atoms with Gasteiger partial charge in [-0.05, 0) is 26.8 Å². The van der Waals surface area contributed by atoms with Gasteiger partial charge < -0.3 is 16.4 Å². The topological polar surface area (TPSA) is 50.1 Å². The molecule has 0 heterocycles. The van der Waals surface area contributed by atoms with Crippen molar-refractivity contribution in [3.05, 3.63) is 0 Å². The average Bonchev–Trinajstić information content (AvgIpc) is 2.53. The van der Waals surface area contributed by atoms with Crippen molar-refractivity contribution < 1.29 is 0 Å². The standard InChI is InChI=1S/C20H45N3/c1-4-5-6-7-8-9-10-11-12-13-14-15-16-22-18-20(3)23-17-19(2)21/h19-20,22-23H,4-18,21H2,1-3H3. The lowest BCUT2D eigenvalue weighted by molar-refractivity contribution is 0.474. The minimum absolute atomic E-state index is 0.244. The number of hydrogen-bond donors (Lipinski definition) is 3. The van der Waals surface area contributed by atoms with Gasteiger partial charge in [0.2, 0.25) is 0 Å². The van der Waals surface area contributed by atoms with Crippen molar-refractivity contribution in [3.8, 4) is 0 Å². The van der Waals surface area contributed by atoms with Crippen molar-refractivity contribution >= 4 is 0 Å². The molecule has 0 aliphatic heterocycles. The first-order valence-electron chi connectivity index (χ1n) is 10.4. The highest BCUT2D eigenvalue weighted by molar-refractivity contribution is 4.67. The first-order chi connectivity index (χ1) is 11.2. The average molecular weight is 328 g/mol. The first kappa shape index (κ1) is 22.9. The van der Waals surface area contributed by atoms with Crippen LogP contribution in [0.5, 0.6) is 0 Å². The van der Waals surface area contributed by atoms with Crippen LogP contribution in [0.3, 0.4) is 0 Å². The molecule has 23 heavy (non-hydrogen) atoms. The summed E-state index contributed by atoms with van der Waals surface area (Å²) in [6.07, 6.45) is 17.0. The van der Waals surface area contributed by atoms with Gasteiger partial charge in [0.15, 0.2) is 0 Å². The lowest BCUT2D eigenvalue weighted by Gasteiger charge is -2.16. The Bertz CT molecular complexity index is 219. The molecular weight excluding hydrogens is 282 g/mol. The van der Waals surface area contributed by atoms with Crippen LogP contribution in [0.2, 0.25) is 0 Å². The summed E-state index contributed by atoms with van der Waals surface area (Å²) >= 11 is 0. The van der Waals surface area contributed by atoms with Crippen molar-refractivity contribution in [2.24, 2.45) is 5.73 Å². The van der Waals surface area contributed by atoms with Gasteiger partial charge in [-0.25, -0.2) is 0 Å². The predicted molar refractivity (Wildman–Crippen MR) is 105 cm³/mol. The van der Waals surface area contributed by atoms with E-state index in [0.29, 0.717) is 6.04 Å². The summed E-state index contributed by atoms with van der Waals surface area (Å²) in [5.41, 5.74) is 5.74. The Balaban J connectivity index is 3.07. The molecule has 2 unspecified atom stereocenters. The van der Waals surface area contributed by atoms with Crippen LogP contribution in [0.4, 0.5) is 0 Å². The normalized spacial score (nSPS) is 14.1. The van der Waals surface area contributed by atoms with E-state index in [9.17, 15) is 0 Å². The van der Waals surface area contributed by atoms with Gasteiger partial charge in [0.05, 0.1) is 0 Å². The van der Waals surface area contributed by atoms with E-state index in [1.54, 1.807) is 0 Å². The third kappa shape index (κ3) is 19.8. The van der Waals surface area contributed by atoms with Gasteiger partial charge in [-0.15, -0.1) is 0 Å². The number of hydrogen-bond acceptors (Lipinski definition) is 3. The Morgan fingerprint density at radius 2 is 1.17 bits per heavy atom. The van der Waals surface area contributed by atoms with E-state index in [1.165, 1.54) is 77.0 Å². The molecule has 0 saturated heterocycles. The minimum Gasteiger partial charge on any atom is -0.327 e. The summed E-state index contributed by atoms with van der Waals surface area (Å²) in [6.45, 7) is 9.65. The van der Waals surface area contributed by atoms with E-state index >= 15 is 0 Å². The highest BCUT2D eigenvalue weighted by Gasteiger charge is 2.01. The molecule has 0 saturated carbocycles. The summed E-state index contributed by atoms with van der Waals surface area (Å²) in [7, 11) is 0. The molecule has 0 aliphatic carbocycles. The zero-order valence-corrected chi connectivity index (χ0v) is 16.3. The van der Waals surface area contributed by atoms with Crippen molar-refractivity contribution in [2.75, 3.05) is 19.6 Å². The Hall–Kier alpha value is -0.120. The molecule has 2 atom stereocenters. The molecule has 0 radical (unpaired) electrons. The molecule has 3 heteroatoms. The predicted octanol–water partition coefficient (Wildman–Crippen LogP) is 4.60. The third-order valence-corrected chi connectivity index (χ3v) is 4.45. The quantitative estimate of drug-likeness (QED) is 0.322. The lowest BCUT2D eigenvalue weighted by atomic mass is 10.1. The molecule has 0 spiro atoms. The van der Waals surface area contributed by atoms with Crippen molar-refractivity contribution in [1.29, 1.82) is 0 Å². The number of rotatable bonds is 18. The molecule has 0 aromatic heterocycles.